The van der Waals surface area contributed by atoms with Crippen LogP contribution in [0.2, 0.25) is 5.31 Å². The van der Waals surface area contributed by atoms with Crippen LogP contribution in [0.15, 0.2) is 0 Å². The average molecular weight is 237 g/mol. The van der Waals surface area contributed by atoms with Gasteiger partial charge < -0.3 is 15.0 Å². The lowest BCUT2D eigenvalue weighted by molar-refractivity contribution is 0.00578. The standard InChI is InChI=1S/C13H24BNO2/c1-11(2)12(3,4)17-14(16-11)13(9-5-6-9)7-10(15)8-13/h9-10H,5-8,15H2,1-4H3. The largest absolute Gasteiger partial charge is 0.464 e. The zero-order chi connectivity index (χ0) is 12.5. The molecule has 0 amide bonds. The van der Waals surface area contributed by atoms with E-state index < -0.39 is 0 Å². The first-order chi connectivity index (χ1) is 7.77. The van der Waals surface area contributed by atoms with Gasteiger partial charge in [-0.25, -0.2) is 0 Å². The summed E-state index contributed by atoms with van der Waals surface area (Å²) in [4.78, 5) is 0. The van der Waals surface area contributed by atoms with Crippen LogP contribution in [0, 0.1) is 5.92 Å². The third-order valence-electron chi connectivity index (χ3n) is 5.40. The molecule has 2 saturated carbocycles. The minimum Gasteiger partial charge on any atom is -0.403 e. The van der Waals surface area contributed by atoms with Crippen LogP contribution in [0.4, 0.5) is 0 Å². The SMILES string of the molecule is CC1(C)OB(C2(C3CC3)CC(N)C2)OC1(C)C. The monoisotopic (exact) mass is 237 g/mol. The summed E-state index contributed by atoms with van der Waals surface area (Å²) in [5.41, 5.74) is 5.59. The Hall–Kier alpha value is -0.0551. The zero-order valence-electron chi connectivity index (χ0n) is 11.5. The van der Waals surface area contributed by atoms with Crippen molar-refractivity contribution in [3.63, 3.8) is 0 Å². The summed E-state index contributed by atoms with van der Waals surface area (Å²) in [6.07, 6.45) is 4.82. The number of nitrogens with two attached hydrogens (primary N) is 1. The van der Waals surface area contributed by atoms with Crippen LogP contribution in [0.3, 0.4) is 0 Å². The van der Waals surface area contributed by atoms with E-state index in [0.717, 1.165) is 18.8 Å². The van der Waals surface area contributed by atoms with Crippen LogP contribution in [0.25, 0.3) is 0 Å². The van der Waals surface area contributed by atoms with E-state index in [1.54, 1.807) is 0 Å². The fraction of sp³-hybridized carbons (Fsp3) is 1.00. The van der Waals surface area contributed by atoms with E-state index in [-0.39, 0.29) is 23.6 Å². The number of rotatable bonds is 2. The molecule has 0 spiro atoms. The summed E-state index contributed by atoms with van der Waals surface area (Å²) in [5, 5.41) is 0.227. The summed E-state index contributed by atoms with van der Waals surface area (Å²) < 4.78 is 12.5. The first-order valence-corrected chi connectivity index (χ1v) is 6.88. The van der Waals surface area contributed by atoms with Gasteiger partial charge in [-0.1, -0.05) is 12.8 Å². The molecule has 0 atom stereocenters. The van der Waals surface area contributed by atoms with Gasteiger partial charge in [-0.3, -0.25) is 0 Å². The highest BCUT2D eigenvalue weighted by atomic mass is 16.7. The summed E-state index contributed by atoms with van der Waals surface area (Å²) in [6.45, 7) is 8.52. The topological polar surface area (TPSA) is 44.5 Å². The molecule has 0 bridgehead atoms. The lowest BCUT2D eigenvalue weighted by atomic mass is 9.43. The second-order valence-corrected chi connectivity index (χ2v) is 7.26. The van der Waals surface area contributed by atoms with Crippen LogP contribution < -0.4 is 5.73 Å². The summed E-state index contributed by atoms with van der Waals surface area (Å²) in [5.74, 6) is 0.789. The molecule has 2 N–H and O–H groups in total. The fourth-order valence-electron chi connectivity index (χ4n) is 3.37. The van der Waals surface area contributed by atoms with Crippen molar-refractivity contribution < 1.29 is 9.31 Å². The van der Waals surface area contributed by atoms with Gasteiger partial charge in [0.05, 0.1) is 11.2 Å². The van der Waals surface area contributed by atoms with Crippen molar-refractivity contribution in [1.29, 1.82) is 0 Å². The Bertz CT molecular complexity index is 316. The van der Waals surface area contributed by atoms with E-state index in [1.165, 1.54) is 12.8 Å². The van der Waals surface area contributed by atoms with Gasteiger partial charge in [-0.05, 0) is 46.5 Å². The first-order valence-electron chi connectivity index (χ1n) is 6.88. The van der Waals surface area contributed by atoms with E-state index in [9.17, 15) is 0 Å². The third kappa shape index (κ3) is 1.61. The van der Waals surface area contributed by atoms with Crippen LogP contribution >= 0.6 is 0 Å². The molecule has 96 valence electrons. The van der Waals surface area contributed by atoms with Crippen LogP contribution in [-0.4, -0.2) is 24.4 Å². The molecule has 0 aromatic heterocycles. The molecular weight excluding hydrogens is 213 g/mol. The van der Waals surface area contributed by atoms with E-state index in [2.05, 4.69) is 27.7 Å². The normalized spacial score (nSPS) is 43.6. The molecule has 3 nitrogen and oxygen atoms in total. The Morgan fingerprint density at radius 1 is 1.00 bits per heavy atom. The molecule has 1 heterocycles. The van der Waals surface area contributed by atoms with E-state index >= 15 is 0 Å². The maximum atomic E-state index is 6.24. The molecule has 2 aliphatic carbocycles. The van der Waals surface area contributed by atoms with Gasteiger partial charge in [0.15, 0.2) is 0 Å². The maximum absolute atomic E-state index is 6.24. The Morgan fingerprint density at radius 2 is 1.47 bits per heavy atom. The highest BCUT2D eigenvalue weighted by molar-refractivity contribution is 6.50. The van der Waals surface area contributed by atoms with Gasteiger partial charge in [0.2, 0.25) is 0 Å². The molecule has 4 heteroatoms. The van der Waals surface area contributed by atoms with Crippen molar-refractivity contribution in [2.45, 2.75) is 75.9 Å². The Balaban J connectivity index is 1.81. The molecule has 1 saturated heterocycles. The molecule has 1 aliphatic heterocycles. The number of hydrogen-bond donors (Lipinski definition) is 1. The van der Waals surface area contributed by atoms with Gasteiger partial charge in [0.1, 0.15) is 0 Å². The minimum atomic E-state index is -0.209. The Morgan fingerprint density at radius 3 is 1.82 bits per heavy atom. The van der Waals surface area contributed by atoms with Crippen molar-refractivity contribution in [2.24, 2.45) is 11.7 Å². The van der Waals surface area contributed by atoms with Crippen molar-refractivity contribution >= 4 is 7.12 Å². The third-order valence-corrected chi connectivity index (χ3v) is 5.40. The van der Waals surface area contributed by atoms with Crippen molar-refractivity contribution in [2.75, 3.05) is 0 Å². The van der Waals surface area contributed by atoms with Crippen molar-refractivity contribution in [3.8, 4) is 0 Å². The molecule has 0 aromatic rings. The summed E-state index contributed by atoms with van der Waals surface area (Å²) in [6, 6.07) is 0.356. The maximum Gasteiger partial charge on any atom is 0.464 e. The predicted molar refractivity (Wildman–Crippen MR) is 68.7 cm³/mol. The van der Waals surface area contributed by atoms with Crippen molar-refractivity contribution in [1.82, 2.24) is 0 Å². The quantitative estimate of drug-likeness (QED) is 0.750. The molecule has 3 rings (SSSR count). The highest BCUT2D eigenvalue weighted by Crippen LogP contribution is 2.66. The average Bonchev–Trinajstić information content (AvgIpc) is 2.90. The summed E-state index contributed by atoms with van der Waals surface area (Å²) >= 11 is 0. The highest BCUT2D eigenvalue weighted by Gasteiger charge is 2.67. The van der Waals surface area contributed by atoms with Gasteiger partial charge in [0.25, 0.3) is 0 Å². The second-order valence-electron chi connectivity index (χ2n) is 7.26. The number of hydrogen-bond acceptors (Lipinski definition) is 3. The Kier molecular flexibility index (Phi) is 2.32. The van der Waals surface area contributed by atoms with E-state index in [0.29, 0.717) is 6.04 Å². The van der Waals surface area contributed by atoms with Crippen LogP contribution in [0.1, 0.15) is 53.4 Å². The molecule has 0 unspecified atom stereocenters. The van der Waals surface area contributed by atoms with E-state index in [4.69, 9.17) is 15.0 Å². The first kappa shape index (κ1) is 12.0. The lowest BCUT2D eigenvalue weighted by Crippen LogP contribution is -2.52. The van der Waals surface area contributed by atoms with E-state index in [1.807, 2.05) is 0 Å². The zero-order valence-corrected chi connectivity index (χ0v) is 11.5. The second kappa shape index (κ2) is 3.28. The van der Waals surface area contributed by atoms with Gasteiger partial charge in [-0.2, -0.15) is 0 Å². The van der Waals surface area contributed by atoms with Crippen LogP contribution in [-0.2, 0) is 9.31 Å². The molecule has 0 radical (unpaired) electrons. The predicted octanol–water partition coefficient (Wildman–Crippen LogP) is 2.35. The lowest BCUT2D eigenvalue weighted by Gasteiger charge is -2.47. The van der Waals surface area contributed by atoms with Gasteiger partial charge in [-0.15, -0.1) is 0 Å². The smallest absolute Gasteiger partial charge is 0.403 e. The molecule has 3 fully saturated rings. The minimum absolute atomic E-state index is 0.0419. The summed E-state index contributed by atoms with van der Waals surface area (Å²) in [7, 11) is -0.0419. The fourth-order valence-corrected chi connectivity index (χ4v) is 3.37. The molecule has 17 heavy (non-hydrogen) atoms. The molecule has 0 aromatic carbocycles. The Labute approximate surface area is 105 Å². The van der Waals surface area contributed by atoms with Crippen molar-refractivity contribution in [3.05, 3.63) is 0 Å². The van der Waals surface area contributed by atoms with Gasteiger partial charge in [0, 0.05) is 11.4 Å². The van der Waals surface area contributed by atoms with Gasteiger partial charge >= 0.3 is 7.12 Å². The molecule has 3 aliphatic rings. The molecular formula is C13H24BNO2. The van der Waals surface area contributed by atoms with Crippen LogP contribution in [0.5, 0.6) is 0 Å².